The molecule has 4 rings (SSSR count). The molecule has 1 amide bonds. The molecule has 0 spiro atoms. The van der Waals surface area contributed by atoms with Crippen LogP contribution in [0.1, 0.15) is 99.5 Å². The van der Waals surface area contributed by atoms with Crippen LogP contribution in [0.2, 0.25) is 0 Å². The largest absolute Gasteiger partial charge is 0.506 e. The van der Waals surface area contributed by atoms with Gasteiger partial charge >= 0.3 is 0 Å². The van der Waals surface area contributed by atoms with Crippen molar-refractivity contribution in [3.05, 3.63) is 108 Å². The lowest BCUT2D eigenvalue weighted by atomic mass is 10.0. The number of carbonyl (C=O) groups excluding carboxylic acids is 1. The van der Waals surface area contributed by atoms with Crippen molar-refractivity contribution in [3.8, 4) is 11.5 Å². The van der Waals surface area contributed by atoms with E-state index in [1.807, 2.05) is 24.3 Å². The Balaban J connectivity index is 1.46. The van der Waals surface area contributed by atoms with Crippen LogP contribution < -0.4 is 10.2 Å². The average Bonchev–Trinajstić information content (AvgIpc) is 3.33. The van der Waals surface area contributed by atoms with Crippen LogP contribution in [0.4, 0.5) is 11.4 Å². The Labute approximate surface area is 306 Å². The number of phenolic OH excluding ortho intramolecular Hbond substituents is 2. The van der Waals surface area contributed by atoms with Crippen LogP contribution in [0.3, 0.4) is 0 Å². The highest BCUT2D eigenvalue weighted by Gasteiger charge is 2.18. The van der Waals surface area contributed by atoms with Crippen molar-refractivity contribution in [2.24, 2.45) is 11.8 Å². The molecule has 0 aliphatic heterocycles. The van der Waals surface area contributed by atoms with Crippen LogP contribution in [0.25, 0.3) is 10.9 Å². The summed E-state index contributed by atoms with van der Waals surface area (Å²) in [6.45, 7) is 24.1. The highest BCUT2D eigenvalue weighted by molar-refractivity contribution is 6.05. The Hall–Kier alpha value is -4.49. The van der Waals surface area contributed by atoms with Crippen LogP contribution in [0.5, 0.6) is 11.5 Å². The zero-order valence-electron chi connectivity index (χ0n) is 32.0. The third-order valence-corrected chi connectivity index (χ3v) is 10.0. The third-order valence-electron chi connectivity index (χ3n) is 10.0. The summed E-state index contributed by atoms with van der Waals surface area (Å²) < 4.78 is 2.50. The molecule has 2 unspecified atom stereocenters. The normalized spacial score (nSPS) is 12.9. The Morgan fingerprint density at radius 1 is 0.941 bits per heavy atom. The van der Waals surface area contributed by atoms with Gasteiger partial charge in [-0.25, -0.2) is 0 Å². The van der Waals surface area contributed by atoms with E-state index < -0.39 is 0 Å². The lowest BCUT2D eigenvalue weighted by molar-refractivity contribution is 0.102. The molecule has 1 heterocycles. The second-order valence-corrected chi connectivity index (χ2v) is 14.3. The number of phenols is 2. The molecule has 2 atom stereocenters. The zero-order chi connectivity index (χ0) is 37.1. The van der Waals surface area contributed by atoms with Gasteiger partial charge in [0.2, 0.25) is 0 Å². The Bertz CT molecular complexity index is 1780. The summed E-state index contributed by atoms with van der Waals surface area (Å²) in [4.78, 5) is 17.5. The molecule has 0 aliphatic carbocycles. The number of amides is 1. The van der Waals surface area contributed by atoms with Gasteiger partial charge < -0.3 is 29.9 Å². The van der Waals surface area contributed by atoms with Crippen molar-refractivity contribution in [3.63, 3.8) is 0 Å². The van der Waals surface area contributed by atoms with Gasteiger partial charge in [-0.3, -0.25) is 4.79 Å². The molecule has 0 aliphatic rings. The van der Waals surface area contributed by atoms with E-state index in [0.29, 0.717) is 23.6 Å². The number of aryl methyl sites for hydroxylation is 1. The quantitative estimate of drug-likeness (QED) is 0.0911. The molecule has 274 valence electrons. The summed E-state index contributed by atoms with van der Waals surface area (Å²) in [5.41, 5.74) is 7.14. The SMILES string of the molecule is C=CN(/C=C\CCC)c1c(O)cc(NC(=O)c2cccc(Cc3ccc4c(c3)c(C)c(C)n4CC(C)CN(CCC)CCC(C)CC)c2)cc1O. The first kappa shape index (κ1) is 39.3. The molecule has 0 radical (unpaired) electrons. The van der Waals surface area contributed by atoms with Crippen molar-refractivity contribution >= 4 is 28.2 Å². The smallest absolute Gasteiger partial charge is 0.255 e. The molecular formula is C44H60N4O3. The van der Waals surface area contributed by atoms with E-state index in [9.17, 15) is 15.0 Å². The second kappa shape index (κ2) is 18.7. The summed E-state index contributed by atoms with van der Waals surface area (Å²) in [6.07, 6.45) is 11.4. The first-order valence-electron chi connectivity index (χ1n) is 18.8. The maximum atomic E-state index is 13.3. The Morgan fingerprint density at radius 3 is 2.33 bits per heavy atom. The molecule has 4 aromatic rings. The minimum absolute atomic E-state index is 0.167. The molecular weight excluding hydrogens is 633 g/mol. The molecule has 51 heavy (non-hydrogen) atoms. The number of allylic oxidation sites excluding steroid dienone is 1. The van der Waals surface area contributed by atoms with Crippen molar-refractivity contribution in [1.29, 1.82) is 0 Å². The van der Waals surface area contributed by atoms with Crippen molar-refractivity contribution in [2.75, 3.05) is 29.9 Å². The number of nitrogens with zero attached hydrogens (tertiary/aromatic N) is 3. The number of aromatic nitrogens is 1. The minimum atomic E-state index is -0.322. The molecule has 0 saturated carbocycles. The minimum Gasteiger partial charge on any atom is -0.506 e. The lowest BCUT2D eigenvalue weighted by Crippen LogP contribution is -2.32. The Kier molecular flexibility index (Phi) is 14.4. The van der Waals surface area contributed by atoms with E-state index in [0.717, 1.165) is 44.0 Å². The molecule has 0 fully saturated rings. The summed E-state index contributed by atoms with van der Waals surface area (Å²) in [5, 5.41) is 25.6. The number of anilines is 2. The van der Waals surface area contributed by atoms with Crippen LogP contribution in [0, 0.1) is 25.7 Å². The maximum absolute atomic E-state index is 13.3. The lowest BCUT2D eigenvalue weighted by Gasteiger charge is -2.27. The van der Waals surface area contributed by atoms with E-state index in [2.05, 4.69) is 88.0 Å². The molecule has 0 saturated heterocycles. The number of hydrogen-bond acceptors (Lipinski definition) is 5. The van der Waals surface area contributed by atoms with Crippen LogP contribution >= 0.6 is 0 Å². The number of fused-ring (bicyclic) bond motifs is 1. The van der Waals surface area contributed by atoms with E-state index in [1.54, 1.807) is 17.2 Å². The number of hydrogen-bond donors (Lipinski definition) is 3. The van der Waals surface area contributed by atoms with Gasteiger partial charge in [0.25, 0.3) is 5.91 Å². The van der Waals surface area contributed by atoms with Gasteiger partial charge in [0.15, 0.2) is 0 Å². The van der Waals surface area contributed by atoms with E-state index in [1.165, 1.54) is 71.9 Å². The fourth-order valence-electron chi connectivity index (χ4n) is 6.85. The first-order chi connectivity index (χ1) is 24.5. The highest BCUT2D eigenvalue weighted by Crippen LogP contribution is 2.40. The van der Waals surface area contributed by atoms with E-state index in [4.69, 9.17) is 0 Å². The van der Waals surface area contributed by atoms with Gasteiger partial charge in [-0.15, -0.1) is 0 Å². The van der Waals surface area contributed by atoms with Gasteiger partial charge in [-0.2, -0.15) is 0 Å². The highest BCUT2D eigenvalue weighted by atomic mass is 16.3. The summed E-state index contributed by atoms with van der Waals surface area (Å²) in [6, 6.07) is 17.2. The molecule has 3 aromatic carbocycles. The van der Waals surface area contributed by atoms with Crippen molar-refractivity contribution < 1.29 is 15.0 Å². The molecule has 7 nitrogen and oxygen atoms in total. The van der Waals surface area contributed by atoms with Gasteiger partial charge in [0, 0.05) is 65.5 Å². The van der Waals surface area contributed by atoms with E-state index >= 15 is 0 Å². The van der Waals surface area contributed by atoms with Gasteiger partial charge in [-0.1, -0.05) is 78.3 Å². The molecule has 1 aromatic heterocycles. The predicted molar refractivity (Wildman–Crippen MR) is 215 cm³/mol. The second-order valence-electron chi connectivity index (χ2n) is 14.3. The van der Waals surface area contributed by atoms with Crippen LogP contribution in [0.15, 0.2) is 79.7 Å². The first-order valence-corrected chi connectivity index (χ1v) is 18.8. The number of unbranched alkanes of at least 4 members (excludes halogenated alkanes) is 1. The molecule has 7 heteroatoms. The summed E-state index contributed by atoms with van der Waals surface area (Å²) >= 11 is 0. The fourth-order valence-corrected chi connectivity index (χ4v) is 6.85. The Morgan fingerprint density at radius 2 is 1.67 bits per heavy atom. The summed E-state index contributed by atoms with van der Waals surface area (Å²) in [7, 11) is 0. The molecule has 0 bridgehead atoms. The number of nitrogens with one attached hydrogen (secondary N) is 1. The summed E-state index contributed by atoms with van der Waals surface area (Å²) in [5.74, 6) is 0.654. The van der Waals surface area contributed by atoms with Gasteiger partial charge in [0.05, 0.1) is 0 Å². The van der Waals surface area contributed by atoms with E-state index in [-0.39, 0.29) is 23.1 Å². The average molecular weight is 693 g/mol. The number of benzene rings is 3. The molecule has 3 N–H and O–H groups in total. The number of rotatable bonds is 19. The van der Waals surface area contributed by atoms with Crippen LogP contribution in [-0.4, -0.2) is 45.2 Å². The zero-order valence-corrected chi connectivity index (χ0v) is 32.0. The topological polar surface area (TPSA) is 81.0 Å². The third kappa shape index (κ3) is 10.3. The predicted octanol–water partition coefficient (Wildman–Crippen LogP) is 10.6. The van der Waals surface area contributed by atoms with Crippen molar-refractivity contribution in [1.82, 2.24) is 9.47 Å². The monoisotopic (exact) mass is 692 g/mol. The maximum Gasteiger partial charge on any atom is 0.255 e. The van der Waals surface area contributed by atoms with Gasteiger partial charge in [0.1, 0.15) is 17.2 Å². The fraction of sp³-hybridized carbons (Fsp3) is 0.432. The standard InChI is InChI=1S/C44H60N4O3/c1-9-13-14-22-47(12-4)43-41(49)27-38(28-42(43)50)45-44(51)37-17-15-16-35(25-37)24-36-18-19-40-39(26-36)33(7)34(8)48(40)30-32(6)29-46(21-10-2)23-20-31(5)11-3/h12,14-19,22,25-28,31-32,49-50H,4,9-11,13,20-21,23-24,29-30H2,1-3,5-8H3,(H,45,51)/b22-14-. The number of aromatic hydroxyl groups is 2. The van der Waals surface area contributed by atoms with Gasteiger partial charge in [-0.05, 0) is 105 Å². The van der Waals surface area contributed by atoms with Crippen LogP contribution in [-0.2, 0) is 13.0 Å². The number of carbonyl (C=O) groups is 1. The van der Waals surface area contributed by atoms with Crippen molar-refractivity contribution in [2.45, 2.75) is 93.5 Å².